The second-order valence-electron chi connectivity index (χ2n) is 17.3. The number of rotatable bonds is 3. The normalized spacial score (nSPS) is 15.1. The molecule has 2 aliphatic rings. The molecule has 0 unspecified atom stereocenters. The molecule has 10 aromatic rings. The first-order chi connectivity index (χ1) is 28.2. The van der Waals surface area contributed by atoms with E-state index in [1.165, 1.54) is 71.6 Å². The highest BCUT2D eigenvalue weighted by atomic mass is 16.3. The number of para-hydroxylation sites is 2. The van der Waals surface area contributed by atoms with Crippen molar-refractivity contribution < 1.29 is 8.83 Å². The molecule has 0 atom stereocenters. The van der Waals surface area contributed by atoms with Crippen LogP contribution in [0.5, 0.6) is 0 Å². The van der Waals surface area contributed by atoms with Gasteiger partial charge in [-0.2, -0.15) is 0 Å². The van der Waals surface area contributed by atoms with Gasteiger partial charge >= 0.3 is 0 Å². The third-order valence-corrected chi connectivity index (χ3v) is 13.5. The van der Waals surface area contributed by atoms with Gasteiger partial charge in [-0.05, 0) is 101 Å². The zero-order valence-electron chi connectivity index (χ0n) is 33.1. The van der Waals surface area contributed by atoms with E-state index >= 15 is 0 Å². The molecular weight excluding hydrogens is 705 g/mol. The summed E-state index contributed by atoms with van der Waals surface area (Å²) < 4.78 is 13.8. The molecule has 2 aromatic heterocycles. The molecule has 2 nitrogen and oxygen atoms in total. The first kappa shape index (κ1) is 33.3. The largest absolute Gasteiger partial charge is 0.455 e. The maximum absolute atomic E-state index is 6.93. The summed E-state index contributed by atoms with van der Waals surface area (Å²) in [6, 6.07) is 48.4. The lowest BCUT2D eigenvalue weighted by Crippen LogP contribution is -2.25. The Morgan fingerprint density at radius 3 is 1.55 bits per heavy atom. The molecule has 0 spiro atoms. The SMILES string of the molecule is C=C/C=c1/c(-c2cc3c(c4c2oc2ccccc24)-c2ccc4c(c2C3(C)C)C(C)(C)c2cc(-c3cccc5ccccc35)c3oc5ccccc5c3c2-4)cccc1=C. The zero-order chi connectivity index (χ0) is 39.2. The molecule has 0 amide bonds. The van der Waals surface area contributed by atoms with Gasteiger partial charge in [-0.15, -0.1) is 0 Å². The molecule has 12 rings (SSSR count). The third-order valence-electron chi connectivity index (χ3n) is 13.5. The van der Waals surface area contributed by atoms with Crippen molar-refractivity contribution in [3.05, 3.63) is 179 Å². The van der Waals surface area contributed by atoms with Gasteiger partial charge in [-0.25, -0.2) is 0 Å². The topological polar surface area (TPSA) is 26.3 Å². The van der Waals surface area contributed by atoms with Crippen molar-refractivity contribution in [1.29, 1.82) is 0 Å². The van der Waals surface area contributed by atoms with Crippen LogP contribution in [-0.2, 0) is 10.8 Å². The fourth-order valence-corrected chi connectivity index (χ4v) is 11.0. The molecule has 2 heteroatoms. The Balaban J connectivity index is 1.19. The summed E-state index contributed by atoms with van der Waals surface area (Å²) in [7, 11) is 0. The van der Waals surface area contributed by atoms with Gasteiger partial charge in [-0.1, -0.05) is 162 Å². The first-order valence-corrected chi connectivity index (χ1v) is 20.2. The quantitative estimate of drug-likeness (QED) is 0.180. The number of furan rings is 2. The number of benzene rings is 8. The van der Waals surface area contributed by atoms with Crippen LogP contribution in [0.25, 0.3) is 112 Å². The lowest BCUT2D eigenvalue weighted by atomic mass is 9.72. The van der Waals surface area contributed by atoms with Gasteiger partial charge in [0.25, 0.3) is 0 Å². The van der Waals surface area contributed by atoms with E-state index in [2.05, 4.69) is 180 Å². The Labute approximate surface area is 336 Å². The molecule has 276 valence electrons. The Morgan fingerprint density at radius 2 is 0.966 bits per heavy atom. The Hall–Kier alpha value is -6.90. The van der Waals surface area contributed by atoms with E-state index in [0.29, 0.717) is 0 Å². The second kappa shape index (κ2) is 11.4. The van der Waals surface area contributed by atoms with Crippen molar-refractivity contribution in [2.75, 3.05) is 0 Å². The minimum Gasteiger partial charge on any atom is -0.455 e. The summed E-state index contributed by atoms with van der Waals surface area (Å²) in [4.78, 5) is 0. The van der Waals surface area contributed by atoms with E-state index in [-0.39, 0.29) is 10.8 Å². The van der Waals surface area contributed by atoms with E-state index in [4.69, 9.17) is 8.83 Å². The number of allylic oxidation sites excluding steroid dienone is 1. The van der Waals surface area contributed by atoms with Crippen LogP contribution >= 0.6 is 0 Å². The average molecular weight is 745 g/mol. The van der Waals surface area contributed by atoms with Crippen LogP contribution in [0.2, 0.25) is 0 Å². The summed E-state index contributed by atoms with van der Waals surface area (Å²) in [5, 5.41) is 9.12. The number of fused-ring (bicyclic) bond motifs is 16. The van der Waals surface area contributed by atoms with Crippen molar-refractivity contribution >= 4 is 67.3 Å². The molecule has 2 aliphatic carbocycles. The molecule has 0 saturated heterocycles. The summed E-state index contributed by atoms with van der Waals surface area (Å²) in [6.07, 6.45) is 3.92. The summed E-state index contributed by atoms with van der Waals surface area (Å²) >= 11 is 0. The molecule has 0 saturated carbocycles. The van der Waals surface area contributed by atoms with Crippen LogP contribution in [0.15, 0.2) is 155 Å². The maximum Gasteiger partial charge on any atom is 0.143 e. The molecule has 0 radical (unpaired) electrons. The first-order valence-electron chi connectivity index (χ1n) is 20.2. The smallest absolute Gasteiger partial charge is 0.143 e. The Kier molecular flexibility index (Phi) is 6.52. The monoisotopic (exact) mass is 744 g/mol. The molecule has 58 heavy (non-hydrogen) atoms. The number of hydrogen-bond donors (Lipinski definition) is 0. The fourth-order valence-electron chi connectivity index (χ4n) is 11.0. The summed E-state index contributed by atoms with van der Waals surface area (Å²) in [5.74, 6) is 0. The average Bonchev–Trinajstić information content (AvgIpc) is 3.93. The van der Waals surface area contributed by atoms with Gasteiger partial charge in [0, 0.05) is 43.5 Å². The van der Waals surface area contributed by atoms with Crippen molar-refractivity contribution in [3.63, 3.8) is 0 Å². The van der Waals surface area contributed by atoms with E-state index < -0.39 is 0 Å². The van der Waals surface area contributed by atoms with Gasteiger partial charge in [-0.3, -0.25) is 0 Å². The molecule has 0 N–H and O–H groups in total. The van der Waals surface area contributed by atoms with E-state index in [9.17, 15) is 0 Å². The van der Waals surface area contributed by atoms with Crippen LogP contribution in [0.1, 0.15) is 49.9 Å². The lowest BCUT2D eigenvalue weighted by molar-refractivity contribution is 0.601. The van der Waals surface area contributed by atoms with Crippen molar-refractivity contribution in [2.24, 2.45) is 0 Å². The van der Waals surface area contributed by atoms with Gasteiger partial charge in [0.05, 0.1) is 0 Å². The van der Waals surface area contributed by atoms with E-state index in [0.717, 1.165) is 60.2 Å². The van der Waals surface area contributed by atoms with Crippen LogP contribution < -0.4 is 10.4 Å². The predicted molar refractivity (Wildman–Crippen MR) is 244 cm³/mol. The van der Waals surface area contributed by atoms with Gasteiger partial charge < -0.3 is 8.83 Å². The van der Waals surface area contributed by atoms with Crippen molar-refractivity contribution in [2.45, 2.75) is 38.5 Å². The Bertz CT molecular complexity index is 3600. The highest BCUT2D eigenvalue weighted by Crippen LogP contribution is 2.63. The van der Waals surface area contributed by atoms with Crippen LogP contribution in [0.4, 0.5) is 0 Å². The highest BCUT2D eigenvalue weighted by molar-refractivity contribution is 6.22. The molecular formula is C56H40O2. The highest BCUT2D eigenvalue weighted by Gasteiger charge is 2.48. The predicted octanol–water partition coefficient (Wildman–Crippen LogP) is 14.0. The third kappa shape index (κ3) is 4.12. The molecule has 0 aliphatic heterocycles. The minimum absolute atomic E-state index is 0.323. The summed E-state index contributed by atoms with van der Waals surface area (Å²) in [5.41, 5.74) is 18.1. The lowest BCUT2D eigenvalue weighted by Gasteiger charge is -2.31. The van der Waals surface area contributed by atoms with Crippen molar-refractivity contribution in [1.82, 2.24) is 0 Å². The fraction of sp³-hybridized carbons (Fsp3) is 0.107. The minimum atomic E-state index is -0.336. The molecule has 2 heterocycles. The van der Waals surface area contributed by atoms with Crippen LogP contribution in [-0.4, -0.2) is 0 Å². The zero-order valence-corrected chi connectivity index (χ0v) is 33.1. The van der Waals surface area contributed by atoms with Crippen LogP contribution in [0.3, 0.4) is 0 Å². The molecule has 0 bridgehead atoms. The standard InChI is InChI=1S/C56H40O2/c1-7-16-33-31(2)17-14-23-35(33)41-29-43-47(49-37-21-10-12-25-45(37)57-53(41)49)39-27-28-40-48-44(56(5,6)52(40)51(39)55(43,3)4)30-42(36-24-15-19-32-18-8-9-20-34(32)36)54-50(48)38-22-11-13-26-46(38)58-54/h7-30H,1-2H2,3-6H3/b33-16+. The molecule has 0 fully saturated rings. The van der Waals surface area contributed by atoms with E-state index in [1.54, 1.807) is 0 Å². The maximum atomic E-state index is 6.93. The van der Waals surface area contributed by atoms with Gasteiger partial charge in [0.15, 0.2) is 0 Å². The van der Waals surface area contributed by atoms with Gasteiger partial charge in [0.1, 0.15) is 22.3 Å². The molecule has 8 aromatic carbocycles. The van der Waals surface area contributed by atoms with Gasteiger partial charge in [0.2, 0.25) is 0 Å². The summed E-state index contributed by atoms with van der Waals surface area (Å²) in [6.45, 7) is 18.2. The Morgan fingerprint density at radius 1 is 0.483 bits per heavy atom. The second-order valence-corrected chi connectivity index (χ2v) is 17.3. The number of hydrogen-bond acceptors (Lipinski definition) is 2. The van der Waals surface area contributed by atoms with Crippen molar-refractivity contribution in [3.8, 4) is 44.5 Å². The van der Waals surface area contributed by atoms with E-state index in [1.807, 2.05) is 6.08 Å². The van der Waals surface area contributed by atoms with Crippen LogP contribution in [0, 0.1) is 0 Å².